The van der Waals surface area contributed by atoms with Gasteiger partial charge in [0.25, 0.3) is 0 Å². The molecule has 0 unspecified atom stereocenters. The van der Waals surface area contributed by atoms with Crippen LogP contribution in [0.25, 0.3) is 0 Å². The van der Waals surface area contributed by atoms with Crippen LogP contribution in [0.2, 0.25) is 0 Å². The number of carbonyl (C=O) groups is 1. The second-order valence-corrected chi connectivity index (χ2v) is 7.16. The number of nitrogens with one attached hydrogen (secondary N) is 1. The van der Waals surface area contributed by atoms with Gasteiger partial charge in [-0.1, -0.05) is 18.2 Å². The van der Waals surface area contributed by atoms with Crippen LogP contribution in [0.4, 0.5) is 11.5 Å². The van der Waals surface area contributed by atoms with Crippen molar-refractivity contribution in [2.75, 3.05) is 36.5 Å². The van der Waals surface area contributed by atoms with Gasteiger partial charge in [0.15, 0.2) is 0 Å². The summed E-state index contributed by atoms with van der Waals surface area (Å²) in [6.07, 6.45) is 2.52. The predicted octanol–water partition coefficient (Wildman–Crippen LogP) is 2.57. The largest absolute Gasteiger partial charge is 0.378 e. The highest BCUT2D eigenvalue weighted by Crippen LogP contribution is 2.37. The van der Waals surface area contributed by atoms with E-state index in [0.717, 1.165) is 44.2 Å². The lowest BCUT2D eigenvalue weighted by molar-refractivity contribution is -0.115. The summed E-state index contributed by atoms with van der Waals surface area (Å²) in [5, 5.41) is 2.92. The summed E-state index contributed by atoms with van der Waals surface area (Å²) >= 11 is 1.63. The Hall–Kier alpha value is -2.05. The van der Waals surface area contributed by atoms with Gasteiger partial charge in [-0.15, -0.1) is 11.8 Å². The van der Waals surface area contributed by atoms with Gasteiger partial charge in [-0.25, -0.2) is 4.98 Å². The SMILES string of the molecule is O=C(Nc1ccc(N2CCOCC2)nc1)[C@@H]1Cc2ccccc2S1. The van der Waals surface area contributed by atoms with Gasteiger partial charge in [0.2, 0.25) is 5.91 Å². The molecule has 0 bridgehead atoms. The van der Waals surface area contributed by atoms with Crippen LogP contribution in [0.3, 0.4) is 0 Å². The van der Waals surface area contributed by atoms with Crippen molar-refractivity contribution in [3.8, 4) is 0 Å². The molecule has 1 atom stereocenters. The summed E-state index contributed by atoms with van der Waals surface area (Å²) in [5.41, 5.74) is 2.00. The molecule has 0 radical (unpaired) electrons. The predicted molar refractivity (Wildman–Crippen MR) is 95.7 cm³/mol. The van der Waals surface area contributed by atoms with Crippen molar-refractivity contribution < 1.29 is 9.53 Å². The summed E-state index contributed by atoms with van der Waals surface area (Å²) in [7, 11) is 0. The fraction of sp³-hybridized carbons (Fsp3) is 0.333. The molecule has 3 heterocycles. The van der Waals surface area contributed by atoms with Crippen molar-refractivity contribution in [2.24, 2.45) is 0 Å². The lowest BCUT2D eigenvalue weighted by atomic mass is 10.1. The van der Waals surface area contributed by atoms with Crippen LogP contribution >= 0.6 is 11.8 Å². The highest BCUT2D eigenvalue weighted by Gasteiger charge is 2.28. The van der Waals surface area contributed by atoms with Crippen LogP contribution in [-0.2, 0) is 16.0 Å². The standard InChI is InChI=1S/C18H19N3O2S/c22-18(16-11-13-3-1-2-4-15(13)24-16)20-14-5-6-17(19-12-14)21-7-9-23-10-8-21/h1-6,12,16H,7-11H2,(H,20,22)/t16-/m0/s1. The third-order valence-electron chi connectivity index (χ3n) is 4.29. The maximum Gasteiger partial charge on any atom is 0.238 e. The summed E-state index contributed by atoms with van der Waals surface area (Å²) in [6, 6.07) is 12.1. The number of anilines is 2. The van der Waals surface area contributed by atoms with Crippen LogP contribution < -0.4 is 10.2 Å². The molecular formula is C18H19N3O2S. The molecule has 24 heavy (non-hydrogen) atoms. The molecule has 2 aliphatic rings. The third-order valence-corrected chi connectivity index (χ3v) is 5.61. The average molecular weight is 341 g/mol. The Labute approximate surface area is 145 Å². The molecule has 1 N–H and O–H groups in total. The number of nitrogens with zero attached hydrogens (tertiary/aromatic N) is 2. The van der Waals surface area contributed by atoms with Gasteiger partial charge in [-0.05, 0) is 30.2 Å². The molecule has 0 saturated carbocycles. The molecule has 2 aliphatic heterocycles. The Bertz CT molecular complexity index is 704. The van der Waals surface area contributed by atoms with E-state index in [1.54, 1.807) is 18.0 Å². The van der Waals surface area contributed by atoms with E-state index in [-0.39, 0.29) is 11.2 Å². The molecule has 5 nitrogen and oxygen atoms in total. The van der Waals surface area contributed by atoms with Gasteiger partial charge in [-0.2, -0.15) is 0 Å². The van der Waals surface area contributed by atoms with E-state index >= 15 is 0 Å². The molecule has 1 amide bonds. The minimum atomic E-state index is -0.0682. The van der Waals surface area contributed by atoms with Crippen LogP contribution in [0, 0.1) is 0 Å². The van der Waals surface area contributed by atoms with E-state index in [2.05, 4.69) is 27.3 Å². The zero-order valence-electron chi connectivity index (χ0n) is 13.3. The quantitative estimate of drug-likeness (QED) is 0.930. The summed E-state index contributed by atoms with van der Waals surface area (Å²) in [5.74, 6) is 0.969. The van der Waals surface area contributed by atoms with E-state index < -0.39 is 0 Å². The molecular weight excluding hydrogens is 322 g/mol. The van der Waals surface area contributed by atoms with Gasteiger partial charge >= 0.3 is 0 Å². The number of fused-ring (bicyclic) bond motifs is 1. The fourth-order valence-electron chi connectivity index (χ4n) is 2.99. The van der Waals surface area contributed by atoms with E-state index in [9.17, 15) is 4.79 Å². The minimum absolute atomic E-state index is 0.0390. The lowest BCUT2D eigenvalue weighted by Crippen LogP contribution is -2.36. The zero-order chi connectivity index (χ0) is 16.4. The Balaban J connectivity index is 1.38. The first-order valence-electron chi connectivity index (χ1n) is 8.14. The maximum atomic E-state index is 12.5. The van der Waals surface area contributed by atoms with E-state index in [1.807, 2.05) is 24.3 Å². The van der Waals surface area contributed by atoms with E-state index in [1.165, 1.54) is 10.5 Å². The highest BCUT2D eigenvalue weighted by atomic mass is 32.2. The molecule has 1 fully saturated rings. The number of hydrogen-bond acceptors (Lipinski definition) is 5. The normalized spacial score (nSPS) is 19.8. The molecule has 1 aromatic heterocycles. The molecule has 1 aromatic carbocycles. The zero-order valence-corrected chi connectivity index (χ0v) is 14.1. The number of hydrogen-bond donors (Lipinski definition) is 1. The summed E-state index contributed by atoms with van der Waals surface area (Å²) in [4.78, 5) is 20.4. The Morgan fingerprint density at radius 3 is 2.79 bits per heavy atom. The van der Waals surface area contributed by atoms with Gasteiger partial charge in [-0.3, -0.25) is 4.79 Å². The van der Waals surface area contributed by atoms with Gasteiger partial charge in [0, 0.05) is 18.0 Å². The monoisotopic (exact) mass is 341 g/mol. The van der Waals surface area contributed by atoms with E-state index in [4.69, 9.17) is 4.74 Å². The van der Waals surface area contributed by atoms with Gasteiger partial charge in [0.05, 0.1) is 30.3 Å². The summed E-state index contributed by atoms with van der Waals surface area (Å²) in [6.45, 7) is 3.19. The first-order valence-corrected chi connectivity index (χ1v) is 9.02. The maximum absolute atomic E-state index is 12.5. The Morgan fingerprint density at radius 1 is 1.21 bits per heavy atom. The number of amides is 1. The number of thioether (sulfide) groups is 1. The first-order chi connectivity index (χ1) is 11.8. The highest BCUT2D eigenvalue weighted by molar-refractivity contribution is 8.01. The molecule has 6 heteroatoms. The Kier molecular flexibility index (Phi) is 4.40. The fourth-order valence-corrected chi connectivity index (χ4v) is 4.19. The van der Waals surface area contributed by atoms with Crippen LogP contribution in [0.15, 0.2) is 47.5 Å². The van der Waals surface area contributed by atoms with Gasteiger partial charge in [0.1, 0.15) is 5.82 Å². The molecule has 4 rings (SSSR count). The number of aromatic nitrogens is 1. The van der Waals surface area contributed by atoms with Crippen molar-refractivity contribution in [3.63, 3.8) is 0 Å². The van der Waals surface area contributed by atoms with Crippen molar-refractivity contribution >= 4 is 29.2 Å². The molecule has 1 saturated heterocycles. The minimum Gasteiger partial charge on any atom is -0.378 e. The second kappa shape index (κ2) is 6.83. The number of pyridine rings is 1. The average Bonchev–Trinajstić information content (AvgIpc) is 3.07. The smallest absolute Gasteiger partial charge is 0.238 e. The number of ether oxygens (including phenoxy) is 1. The third kappa shape index (κ3) is 3.25. The molecule has 0 spiro atoms. The molecule has 124 valence electrons. The summed E-state index contributed by atoms with van der Waals surface area (Å²) < 4.78 is 5.35. The lowest BCUT2D eigenvalue weighted by Gasteiger charge is -2.27. The van der Waals surface area contributed by atoms with Crippen molar-refractivity contribution in [1.29, 1.82) is 0 Å². The molecule has 2 aromatic rings. The number of rotatable bonds is 3. The van der Waals surface area contributed by atoms with Crippen molar-refractivity contribution in [3.05, 3.63) is 48.2 Å². The van der Waals surface area contributed by atoms with Crippen molar-refractivity contribution in [2.45, 2.75) is 16.6 Å². The first kappa shape index (κ1) is 15.5. The van der Waals surface area contributed by atoms with Crippen molar-refractivity contribution in [1.82, 2.24) is 4.98 Å². The molecule has 0 aliphatic carbocycles. The number of benzene rings is 1. The van der Waals surface area contributed by atoms with Crippen LogP contribution in [0.5, 0.6) is 0 Å². The Morgan fingerprint density at radius 2 is 2.04 bits per heavy atom. The number of morpholine rings is 1. The van der Waals surface area contributed by atoms with Gasteiger partial charge < -0.3 is 15.0 Å². The topological polar surface area (TPSA) is 54.5 Å². The second-order valence-electron chi connectivity index (χ2n) is 5.91. The van der Waals surface area contributed by atoms with E-state index in [0.29, 0.717) is 0 Å². The number of carbonyl (C=O) groups excluding carboxylic acids is 1. The van der Waals surface area contributed by atoms with Crippen LogP contribution in [-0.4, -0.2) is 42.4 Å². The van der Waals surface area contributed by atoms with Crippen LogP contribution in [0.1, 0.15) is 5.56 Å².